The number of likely N-dealkylation sites (tertiary alicyclic amines) is 1. The van der Waals surface area contributed by atoms with Gasteiger partial charge in [-0.25, -0.2) is 9.50 Å². The van der Waals surface area contributed by atoms with Gasteiger partial charge in [-0.2, -0.15) is 18.3 Å². The number of benzene rings is 1. The summed E-state index contributed by atoms with van der Waals surface area (Å²) in [6, 6.07) is 12.7. The number of carbonyl (C=O) groups is 1. The van der Waals surface area contributed by atoms with Gasteiger partial charge in [0.2, 0.25) is 5.91 Å². The van der Waals surface area contributed by atoms with Gasteiger partial charge in [0.05, 0.1) is 11.1 Å². The quantitative estimate of drug-likeness (QED) is 0.546. The Morgan fingerprint density at radius 3 is 2.55 bits per heavy atom. The summed E-state index contributed by atoms with van der Waals surface area (Å²) in [5, 5.41) is 4.30. The lowest BCUT2D eigenvalue weighted by atomic mass is 9.77. The number of rotatable bonds is 4. The fraction of sp³-hybridized carbons (Fsp3) is 0.480. The maximum absolute atomic E-state index is 13.7. The molecule has 5 rings (SSSR count). The molecule has 0 spiro atoms. The second-order valence-electron chi connectivity index (χ2n) is 9.22. The minimum Gasteiger partial charge on any atom is -0.341 e. The molecule has 174 valence electrons. The molecule has 1 unspecified atom stereocenters. The van der Waals surface area contributed by atoms with Crippen LogP contribution in [-0.2, 0) is 22.8 Å². The Labute approximate surface area is 190 Å². The first kappa shape index (κ1) is 21.9. The van der Waals surface area contributed by atoms with Crippen molar-refractivity contribution in [3.63, 3.8) is 0 Å². The third kappa shape index (κ3) is 3.79. The third-order valence-electron chi connectivity index (χ3n) is 7.24. The minimum absolute atomic E-state index is 0.101. The normalized spacial score (nSPS) is 20.6. The first-order chi connectivity index (χ1) is 15.8. The van der Waals surface area contributed by atoms with Gasteiger partial charge in [-0.1, -0.05) is 50.1 Å². The van der Waals surface area contributed by atoms with Crippen LogP contribution in [0.25, 0.3) is 5.65 Å². The number of carbonyl (C=O) groups excluding carboxylic acids is 1. The standard InChI is InChI=1S/C25H27F3N4O/c1-2-19-14-21(25(26,27)28)32-22(29-19)15-20(30-32)17-10-13-31(16-17)23(33)24(11-6-7-12-24)18-8-4-3-5-9-18/h3-5,8-9,14-15,17H,2,6-7,10-13,16H2,1H3. The molecule has 33 heavy (non-hydrogen) atoms. The van der Waals surface area contributed by atoms with Gasteiger partial charge in [0.1, 0.15) is 5.69 Å². The molecule has 1 aromatic carbocycles. The van der Waals surface area contributed by atoms with Crippen molar-refractivity contribution in [3.8, 4) is 0 Å². The van der Waals surface area contributed by atoms with Crippen LogP contribution in [0.5, 0.6) is 0 Å². The van der Waals surface area contributed by atoms with E-state index in [0.717, 1.165) is 41.8 Å². The summed E-state index contributed by atoms with van der Waals surface area (Å²) in [5.74, 6) is 0.0378. The van der Waals surface area contributed by atoms with Crippen molar-refractivity contribution in [2.75, 3.05) is 13.1 Å². The average Bonchev–Trinajstić information content (AvgIpc) is 3.57. The predicted molar refractivity (Wildman–Crippen MR) is 118 cm³/mol. The molecule has 1 amide bonds. The predicted octanol–water partition coefficient (Wildman–Crippen LogP) is 5.14. The van der Waals surface area contributed by atoms with Crippen molar-refractivity contribution in [3.05, 3.63) is 65.1 Å². The molecule has 2 aliphatic rings. The van der Waals surface area contributed by atoms with Gasteiger partial charge >= 0.3 is 6.18 Å². The number of hydrogen-bond donors (Lipinski definition) is 0. The molecule has 0 radical (unpaired) electrons. The van der Waals surface area contributed by atoms with E-state index in [0.29, 0.717) is 37.3 Å². The van der Waals surface area contributed by atoms with Gasteiger partial charge in [0.15, 0.2) is 5.65 Å². The van der Waals surface area contributed by atoms with Gasteiger partial charge in [-0.05, 0) is 37.3 Å². The zero-order chi connectivity index (χ0) is 23.2. The molecular formula is C25H27F3N4O. The molecular weight excluding hydrogens is 429 g/mol. The maximum Gasteiger partial charge on any atom is 0.433 e. The smallest absolute Gasteiger partial charge is 0.341 e. The van der Waals surface area contributed by atoms with Crippen molar-refractivity contribution in [2.45, 2.75) is 63.0 Å². The van der Waals surface area contributed by atoms with Crippen LogP contribution in [0.1, 0.15) is 67.6 Å². The second kappa shape index (κ2) is 8.15. The lowest BCUT2D eigenvalue weighted by molar-refractivity contribution is -0.142. The van der Waals surface area contributed by atoms with Gasteiger partial charge in [-0.15, -0.1) is 0 Å². The number of fused-ring (bicyclic) bond motifs is 1. The fourth-order valence-corrected chi connectivity index (χ4v) is 5.48. The van der Waals surface area contributed by atoms with E-state index in [-0.39, 0.29) is 17.5 Å². The molecule has 3 aromatic rings. The Hall–Kier alpha value is -2.90. The molecule has 1 aliphatic carbocycles. The van der Waals surface area contributed by atoms with Crippen molar-refractivity contribution in [1.29, 1.82) is 0 Å². The van der Waals surface area contributed by atoms with E-state index in [1.807, 2.05) is 35.2 Å². The fourth-order valence-electron chi connectivity index (χ4n) is 5.48. The summed E-state index contributed by atoms with van der Waals surface area (Å²) in [4.78, 5) is 20.0. The molecule has 1 saturated heterocycles. The molecule has 0 N–H and O–H groups in total. The van der Waals surface area contributed by atoms with Crippen LogP contribution in [-0.4, -0.2) is 38.5 Å². The summed E-state index contributed by atoms with van der Waals surface area (Å²) < 4.78 is 41.8. The lowest BCUT2D eigenvalue weighted by Gasteiger charge is -2.33. The minimum atomic E-state index is -4.52. The molecule has 0 bridgehead atoms. The van der Waals surface area contributed by atoms with Crippen LogP contribution in [0, 0.1) is 0 Å². The highest BCUT2D eigenvalue weighted by atomic mass is 19.4. The number of alkyl halides is 3. The highest BCUT2D eigenvalue weighted by Gasteiger charge is 2.46. The number of nitrogens with zero attached hydrogens (tertiary/aromatic N) is 4. The van der Waals surface area contributed by atoms with E-state index in [1.54, 1.807) is 13.0 Å². The van der Waals surface area contributed by atoms with E-state index in [9.17, 15) is 18.0 Å². The molecule has 1 atom stereocenters. The Morgan fingerprint density at radius 2 is 1.88 bits per heavy atom. The SMILES string of the molecule is CCc1cc(C(F)(F)F)n2nc(C3CCN(C(=O)C4(c5ccccc5)CCCC4)C3)cc2n1. The Kier molecular flexibility index (Phi) is 5.41. The highest BCUT2D eigenvalue weighted by Crippen LogP contribution is 2.44. The summed E-state index contributed by atoms with van der Waals surface area (Å²) in [6.07, 6.45) is 0.298. The Balaban J connectivity index is 1.43. The summed E-state index contributed by atoms with van der Waals surface area (Å²) in [6.45, 7) is 2.84. The van der Waals surface area contributed by atoms with E-state index in [1.165, 1.54) is 0 Å². The van der Waals surface area contributed by atoms with Crippen LogP contribution in [0.2, 0.25) is 0 Å². The Morgan fingerprint density at radius 1 is 1.15 bits per heavy atom. The third-order valence-corrected chi connectivity index (χ3v) is 7.24. The molecule has 5 nitrogen and oxygen atoms in total. The van der Waals surface area contributed by atoms with Crippen LogP contribution >= 0.6 is 0 Å². The zero-order valence-electron chi connectivity index (χ0n) is 18.6. The Bertz CT molecular complexity index is 1170. The summed E-state index contributed by atoms with van der Waals surface area (Å²) >= 11 is 0. The lowest BCUT2D eigenvalue weighted by Crippen LogP contribution is -2.44. The first-order valence-electron chi connectivity index (χ1n) is 11.6. The largest absolute Gasteiger partial charge is 0.433 e. The van der Waals surface area contributed by atoms with Gasteiger partial charge in [0, 0.05) is 30.8 Å². The maximum atomic E-state index is 13.7. The monoisotopic (exact) mass is 456 g/mol. The number of halogens is 3. The molecule has 2 fully saturated rings. The van der Waals surface area contributed by atoms with E-state index in [4.69, 9.17) is 0 Å². The van der Waals surface area contributed by atoms with Gasteiger partial charge in [0.25, 0.3) is 0 Å². The molecule has 1 saturated carbocycles. The number of aromatic nitrogens is 3. The van der Waals surface area contributed by atoms with Crippen LogP contribution < -0.4 is 0 Å². The number of amides is 1. The number of aryl methyl sites for hydroxylation is 1. The highest BCUT2D eigenvalue weighted by molar-refractivity contribution is 5.89. The van der Waals surface area contributed by atoms with Crippen LogP contribution in [0.15, 0.2) is 42.5 Å². The topological polar surface area (TPSA) is 50.5 Å². The first-order valence-corrected chi connectivity index (χ1v) is 11.6. The van der Waals surface area contributed by atoms with Crippen molar-refractivity contribution in [2.24, 2.45) is 0 Å². The van der Waals surface area contributed by atoms with Crippen molar-refractivity contribution < 1.29 is 18.0 Å². The summed E-state index contributed by atoms with van der Waals surface area (Å²) in [7, 11) is 0. The van der Waals surface area contributed by atoms with E-state index in [2.05, 4.69) is 10.1 Å². The molecule has 8 heteroatoms. The molecule has 3 heterocycles. The zero-order valence-corrected chi connectivity index (χ0v) is 18.6. The van der Waals surface area contributed by atoms with E-state index >= 15 is 0 Å². The molecule has 2 aromatic heterocycles. The van der Waals surface area contributed by atoms with Gasteiger partial charge < -0.3 is 4.90 Å². The molecule has 1 aliphatic heterocycles. The van der Waals surface area contributed by atoms with Crippen LogP contribution in [0.4, 0.5) is 13.2 Å². The average molecular weight is 457 g/mol. The summed E-state index contributed by atoms with van der Waals surface area (Å²) in [5.41, 5.74) is 0.923. The van der Waals surface area contributed by atoms with Gasteiger partial charge in [-0.3, -0.25) is 4.79 Å². The van der Waals surface area contributed by atoms with E-state index < -0.39 is 17.3 Å². The van der Waals surface area contributed by atoms with Crippen LogP contribution in [0.3, 0.4) is 0 Å². The van der Waals surface area contributed by atoms with Crippen molar-refractivity contribution in [1.82, 2.24) is 19.5 Å². The second-order valence-corrected chi connectivity index (χ2v) is 9.22. The number of hydrogen-bond acceptors (Lipinski definition) is 3. The van der Waals surface area contributed by atoms with Crippen molar-refractivity contribution >= 4 is 11.6 Å².